The number of rotatable bonds is 9. The van der Waals surface area contributed by atoms with Gasteiger partial charge in [0.2, 0.25) is 5.91 Å². The predicted octanol–water partition coefficient (Wildman–Crippen LogP) is 3.05. The molecule has 0 aliphatic carbocycles. The van der Waals surface area contributed by atoms with Gasteiger partial charge in [-0.15, -0.1) is 0 Å². The minimum absolute atomic E-state index is 0.0162. The molecule has 28 heavy (non-hydrogen) atoms. The van der Waals surface area contributed by atoms with Crippen molar-refractivity contribution >= 4 is 23.8 Å². The smallest absolute Gasteiger partial charge is 0.407 e. The zero-order chi connectivity index (χ0) is 20.4. The minimum Gasteiger partial charge on any atom is -0.450 e. The highest BCUT2D eigenvalue weighted by atomic mass is 32.2. The Balaban J connectivity index is 2.04. The molecule has 1 fully saturated rings. The van der Waals surface area contributed by atoms with Gasteiger partial charge in [0.25, 0.3) is 0 Å². The molecule has 2 rings (SSSR count). The third-order valence-electron chi connectivity index (χ3n) is 4.65. The number of hydrogen-bond acceptors (Lipinski definition) is 5. The second-order valence-corrected chi connectivity index (χ2v) is 8.62. The van der Waals surface area contributed by atoms with Gasteiger partial charge in [-0.3, -0.25) is 9.69 Å². The van der Waals surface area contributed by atoms with Crippen molar-refractivity contribution in [2.45, 2.75) is 39.3 Å². The van der Waals surface area contributed by atoms with Crippen LogP contribution in [0.5, 0.6) is 0 Å². The number of ether oxygens (including phenoxy) is 1. The van der Waals surface area contributed by atoms with Crippen LogP contribution in [0.15, 0.2) is 30.3 Å². The van der Waals surface area contributed by atoms with E-state index in [1.54, 1.807) is 6.92 Å². The molecule has 6 nitrogen and oxygen atoms in total. The maximum Gasteiger partial charge on any atom is 0.407 e. The standard InChI is InChI=1S/C21H33N3O3S/c1-4-27-21(26)23-18(14-16(2)3)15-22-20(25)19(17-8-6-5-7-9-17)24-10-12-28-13-11-24/h5-9,16,18-19H,4,10-15H2,1-3H3,(H,22,25)(H,23,26)/t18-,19+/m0/s1. The molecule has 0 unspecified atom stereocenters. The Morgan fingerprint density at radius 3 is 2.46 bits per heavy atom. The molecule has 0 saturated carbocycles. The van der Waals surface area contributed by atoms with Crippen LogP contribution in [-0.4, -0.2) is 60.7 Å². The lowest BCUT2D eigenvalue weighted by molar-refractivity contribution is -0.126. The quantitative estimate of drug-likeness (QED) is 0.658. The van der Waals surface area contributed by atoms with Crippen molar-refractivity contribution in [3.8, 4) is 0 Å². The van der Waals surface area contributed by atoms with Gasteiger partial charge in [0.15, 0.2) is 0 Å². The number of benzene rings is 1. The number of thioether (sulfide) groups is 1. The van der Waals surface area contributed by atoms with Gasteiger partial charge in [0.05, 0.1) is 6.61 Å². The van der Waals surface area contributed by atoms with Crippen LogP contribution in [0, 0.1) is 5.92 Å². The molecule has 1 heterocycles. The number of amides is 2. The fourth-order valence-electron chi connectivity index (χ4n) is 3.42. The van der Waals surface area contributed by atoms with E-state index in [-0.39, 0.29) is 18.0 Å². The van der Waals surface area contributed by atoms with Gasteiger partial charge < -0.3 is 15.4 Å². The Morgan fingerprint density at radius 2 is 1.86 bits per heavy atom. The summed E-state index contributed by atoms with van der Waals surface area (Å²) in [7, 11) is 0. The molecule has 1 aromatic rings. The van der Waals surface area contributed by atoms with Crippen molar-refractivity contribution in [1.29, 1.82) is 0 Å². The first-order chi connectivity index (χ1) is 13.5. The average Bonchev–Trinajstić information content (AvgIpc) is 2.68. The number of carbonyl (C=O) groups is 2. The molecule has 0 spiro atoms. The van der Waals surface area contributed by atoms with Crippen molar-refractivity contribution in [2.24, 2.45) is 5.92 Å². The zero-order valence-corrected chi connectivity index (χ0v) is 18.0. The summed E-state index contributed by atoms with van der Waals surface area (Å²) in [5, 5.41) is 5.94. The van der Waals surface area contributed by atoms with Crippen LogP contribution in [0.4, 0.5) is 4.79 Å². The Bertz CT molecular complexity index is 606. The lowest BCUT2D eigenvalue weighted by Crippen LogP contribution is -2.49. The Kier molecular flexibility index (Phi) is 9.64. The average molecular weight is 408 g/mol. The summed E-state index contributed by atoms with van der Waals surface area (Å²) in [6, 6.07) is 9.46. The highest BCUT2D eigenvalue weighted by Crippen LogP contribution is 2.24. The zero-order valence-electron chi connectivity index (χ0n) is 17.1. The molecule has 1 aliphatic heterocycles. The molecule has 156 valence electrons. The van der Waals surface area contributed by atoms with Crippen molar-refractivity contribution in [3.05, 3.63) is 35.9 Å². The second kappa shape index (κ2) is 12.0. The van der Waals surface area contributed by atoms with Gasteiger partial charge >= 0.3 is 6.09 Å². The number of alkyl carbamates (subject to hydrolysis) is 1. The molecule has 1 saturated heterocycles. The van der Waals surface area contributed by atoms with E-state index >= 15 is 0 Å². The maximum absolute atomic E-state index is 13.1. The monoisotopic (exact) mass is 407 g/mol. The van der Waals surface area contributed by atoms with Crippen LogP contribution in [0.3, 0.4) is 0 Å². The highest BCUT2D eigenvalue weighted by molar-refractivity contribution is 7.99. The fraction of sp³-hybridized carbons (Fsp3) is 0.619. The summed E-state index contributed by atoms with van der Waals surface area (Å²) in [4.78, 5) is 27.2. The van der Waals surface area contributed by atoms with E-state index in [9.17, 15) is 9.59 Å². The molecule has 0 bridgehead atoms. The third-order valence-corrected chi connectivity index (χ3v) is 5.59. The van der Waals surface area contributed by atoms with Crippen molar-refractivity contribution in [1.82, 2.24) is 15.5 Å². The van der Waals surface area contributed by atoms with Crippen LogP contribution in [0.1, 0.15) is 38.8 Å². The molecule has 1 aromatic carbocycles. The van der Waals surface area contributed by atoms with E-state index in [1.165, 1.54) is 0 Å². The summed E-state index contributed by atoms with van der Waals surface area (Å²) in [5.74, 6) is 2.46. The molecule has 2 N–H and O–H groups in total. The lowest BCUT2D eigenvalue weighted by atomic mass is 10.0. The molecule has 2 amide bonds. The molecule has 2 atom stereocenters. The summed E-state index contributed by atoms with van der Waals surface area (Å²) < 4.78 is 5.00. The van der Waals surface area contributed by atoms with E-state index in [4.69, 9.17) is 4.74 Å². The number of nitrogens with zero attached hydrogens (tertiary/aromatic N) is 1. The molecular weight excluding hydrogens is 374 g/mol. The van der Waals surface area contributed by atoms with Gasteiger partial charge in [0.1, 0.15) is 6.04 Å². The number of nitrogens with one attached hydrogen (secondary N) is 2. The van der Waals surface area contributed by atoms with Crippen LogP contribution in [-0.2, 0) is 9.53 Å². The van der Waals surface area contributed by atoms with E-state index in [0.717, 1.165) is 36.6 Å². The minimum atomic E-state index is -0.435. The maximum atomic E-state index is 13.1. The first-order valence-corrected chi connectivity index (χ1v) is 11.2. The van der Waals surface area contributed by atoms with Gasteiger partial charge in [0, 0.05) is 37.2 Å². The molecular formula is C21H33N3O3S. The van der Waals surface area contributed by atoms with Gasteiger partial charge in [-0.2, -0.15) is 11.8 Å². The van der Waals surface area contributed by atoms with Crippen molar-refractivity contribution in [3.63, 3.8) is 0 Å². The van der Waals surface area contributed by atoms with Crippen molar-refractivity contribution < 1.29 is 14.3 Å². The first kappa shape index (κ1) is 22.6. The van der Waals surface area contributed by atoms with E-state index in [1.807, 2.05) is 42.1 Å². The van der Waals surface area contributed by atoms with Gasteiger partial charge in [-0.05, 0) is 24.8 Å². The van der Waals surface area contributed by atoms with Crippen LogP contribution in [0.25, 0.3) is 0 Å². The normalized spacial score (nSPS) is 17.0. The Hall–Kier alpha value is -1.73. The van der Waals surface area contributed by atoms with E-state index in [0.29, 0.717) is 19.1 Å². The number of carbonyl (C=O) groups excluding carboxylic acids is 2. The predicted molar refractivity (Wildman–Crippen MR) is 114 cm³/mol. The highest BCUT2D eigenvalue weighted by Gasteiger charge is 2.29. The summed E-state index contributed by atoms with van der Waals surface area (Å²) in [6.07, 6.45) is 0.338. The topological polar surface area (TPSA) is 70.7 Å². The molecule has 7 heteroatoms. The van der Waals surface area contributed by atoms with Crippen LogP contribution < -0.4 is 10.6 Å². The Labute approximate surface area is 172 Å². The van der Waals surface area contributed by atoms with Gasteiger partial charge in [-0.1, -0.05) is 44.2 Å². The van der Waals surface area contributed by atoms with Crippen molar-refractivity contribution in [2.75, 3.05) is 37.7 Å². The fourth-order valence-corrected chi connectivity index (χ4v) is 4.35. The van der Waals surface area contributed by atoms with E-state index in [2.05, 4.69) is 29.4 Å². The lowest BCUT2D eigenvalue weighted by Gasteiger charge is -2.34. The number of hydrogen-bond donors (Lipinski definition) is 2. The summed E-state index contributed by atoms with van der Waals surface area (Å²) in [6.45, 7) is 8.49. The van der Waals surface area contributed by atoms with E-state index < -0.39 is 6.09 Å². The largest absolute Gasteiger partial charge is 0.450 e. The molecule has 1 aliphatic rings. The SMILES string of the molecule is CCOC(=O)N[C@H](CNC(=O)[C@@H](c1ccccc1)N1CCSCC1)CC(C)C. The molecule has 0 radical (unpaired) electrons. The van der Waals surface area contributed by atoms with Crippen LogP contribution >= 0.6 is 11.8 Å². The summed E-state index contributed by atoms with van der Waals surface area (Å²) in [5.41, 5.74) is 1.01. The summed E-state index contributed by atoms with van der Waals surface area (Å²) >= 11 is 1.92. The second-order valence-electron chi connectivity index (χ2n) is 7.40. The third kappa shape index (κ3) is 7.36. The first-order valence-electron chi connectivity index (χ1n) is 10.1. The Morgan fingerprint density at radius 1 is 1.18 bits per heavy atom. The van der Waals surface area contributed by atoms with Crippen LogP contribution in [0.2, 0.25) is 0 Å². The van der Waals surface area contributed by atoms with Gasteiger partial charge in [-0.25, -0.2) is 4.79 Å². The molecule has 0 aromatic heterocycles.